The van der Waals surface area contributed by atoms with Crippen LogP contribution in [-0.4, -0.2) is 38.7 Å². The summed E-state index contributed by atoms with van der Waals surface area (Å²) in [6, 6.07) is 6.74. The fourth-order valence-corrected chi connectivity index (χ4v) is 3.95. The molecule has 1 fully saturated rings. The van der Waals surface area contributed by atoms with E-state index in [1.165, 1.54) is 6.42 Å². The van der Waals surface area contributed by atoms with Crippen molar-refractivity contribution in [3.05, 3.63) is 42.0 Å². The topological polar surface area (TPSA) is 63.1 Å². The summed E-state index contributed by atoms with van der Waals surface area (Å²) in [6.45, 7) is 3.00. The van der Waals surface area contributed by atoms with Crippen LogP contribution in [0.15, 0.2) is 30.9 Å². The van der Waals surface area contributed by atoms with Crippen molar-refractivity contribution in [2.24, 2.45) is 5.92 Å². The highest BCUT2D eigenvalue weighted by molar-refractivity contribution is 5.99. The van der Waals surface area contributed by atoms with Crippen molar-refractivity contribution in [1.29, 1.82) is 0 Å². The van der Waals surface area contributed by atoms with Gasteiger partial charge in [0.2, 0.25) is 0 Å². The summed E-state index contributed by atoms with van der Waals surface area (Å²) in [4.78, 5) is 18.1. The number of hydrogen-bond donors (Lipinski definition) is 1. The van der Waals surface area contributed by atoms with Crippen LogP contribution in [0, 0.1) is 5.92 Å². The quantitative estimate of drug-likeness (QED) is 0.942. The number of anilines is 1. The molecule has 0 saturated heterocycles. The second kappa shape index (κ2) is 5.92. The number of carbonyl (C=O) groups is 1. The van der Waals surface area contributed by atoms with Gasteiger partial charge in [-0.25, -0.2) is 9.67 Å². The van der Waals surface area contributed by atoms with Crippen molar-refractivity contribution in [3.63, 3.8) is 0 Å². The lowest BCUT2D eigenvalue weighted by Gasteiger charge is -2.35. The number of rotatable bonds is 3. The molecule has 4 rings (SSSR count). The smallest absolute Gasteiger partial charge is 0.254 e. The normalized spacial score (nSPS) is 26.5. The first-order valence-electron chi connectivity index (χ1n) is 8.61. The first kappa shape index (κ1) is 15.2. The zero-order valence-electron chi connectivity index (χ0n) is 14.1. The highest BCUT2D eigenvalue weighted by Crippen LogP contribution is 2.34. The number of fused-ring (bicyclic) bond motifs is 1. The molecule has 2 aliphatic rings. The van der Waals surface area contributed by atoms with E-state index in [0.717, 1.165) is 29.7 Å². The number of nitrogens with zero attached hydrogens (tertiary/aromatic N) is 4. The van der Waals surface area contributed by atoms with Crippen molar-refractivity contribution in [2.75, 3.05) is 12.4 Å². The van der Waals surface area contributed by atoms with Crippen molar-refractivity contribution in [2.45, 2.75) is 44.8 Å². The Bertz CT molecular complexity index is 742. The highest BCUT2D eigenvalue weighted by Gasteiger charge is 2.31. The number of hydrogen-bond acceptors (Lipinski definition) is 4. The van der Waals surface area contributed by atoms with Crippen LogP contribution in [0.5, 0.6) is 0 Å². The molecule has 0 bridgehead atoms. The summed E-state index contributed by atoms with van der Waals surface area (Å²) in [7, 11) is 1.85. The summed E-state index contributed by atoms with van der Waals surface area (Å²) >= 11 is 0. The largest absolute Gasteiger partial charge is 0.380 e. The van der Waals surface area contributed by atoms with Gasteiger partial charge in [-0.2, -0.15) is 5.10 Å². The maximum absolute atomic E-state index is 12.2. The molecular weight excluding hydrogens is 302 g/mol. The van der Waals surface area contributed by atoms with Crippen molar-refractivity contribution in [3.8, 4) is 0 Å². The maximum Gasteiger partial charge on any atom is 0.254 e. The van der Waals surface area contributed by atoms with Crippen LogP contribution in [0.4, 0.5) is 5.69 Å². The summed E-state index contributed by atoms with van der Waals surface area (Å²) < 4.78 is 1.97. The molecule has 3 atom stereocenters. The number of amides is 1. The van der Waals surface area contributed by atoms with E-state index in [0.29, 0.717) is 24.5 Å². The zero-order chi connectivity index (χ0) is 16.7. The summed E-state index contributed by atoms with van der Waals surface area (Å²) in [5.74, 6) is 0.797. The predicted molar refractivity (Wildman–Crippen MR) is 91.7 cm³/mol. The van der Waals surface area contributed by atoms with E-state index >= 15 is 0 Å². The van der Waals surface area contributed by atoms with Crippen LogP contribution in [0.25, 0.3) is 0 Å². The Labute approximate surface area is 141 Å². The third kappa shape index (κ3) is 2.66. The molecule has 126 valence electrons. The fraction of sp³-hybridized carbons (Fsp3) is 0.500. The number of aromatic nitrogens is 3. The second-order valence-corrected chi connectivity index (χ2v) is 7.15. The van der Waals surface area contributed by atoms with E-state index < -0.39 is 0 Å². The van der Waals surface area contributed by atoms with Crippen LogP contribution in [0.1, 0.15) is 48.1 Å². The number of carbonyl (C=O) groups excluding carboxylic acids is 1. The van der Waals surface area contributed by atoms with Crippen molar-refractivity contribution < 1.29 is 4.79 Å². The molecule has 3 unspecified atom stereocenters. The van der Waals surface area contributed by atoms with Crippen LogP contribution < -0.4 is 5.32 Å². The predicted octanol–water partition coefficient (Wildman–Crippen LogP) is 2.71. The Kier molecular flexibility index (Phi) is 3.75. The Morgan fingerprint density at radius 3 is 2.96 bits per heavy atom. The van der Waals surface area contributed by atoms with Gasteiger partial charge in [0.05, 0.1) is 6.04 Å². The van der Waals surface area contributed by atoms with Gasteiger partial charge in [0, 0.05) is 30.9 Å². The molecule has 1 saturated carbocycles. The maximum atomic E-state index is 12.2. The van der Waals surface area contributed by atoms with E-state index in [1.54, 1.807) is 17.6 Å². The van der Waals surface area contributed by atoms with Gasteiger partial charge < -0.3 is 10.2 Å². The first-order chi connectivity index (χ1) is 11.6. The Balaban J connectivity index is 1.57. The minimum absolute atomic E-state index is 0.110. The van der Waals surface area contributed by atoms with Crippen LogP contribution in [0.2, 0.25) is 0 Å². The number of benzene rings is 1. The van der Waals surface area contributed by atoms with Gasteiger partial charge in [0.1, 0.15) is 12.7 Å². The molecule has 0 radical (unpaired) electrons. The monoisotopic (exact) mass is 325 g/mol. The highest BCUT2D eigenvalue weighted by atomic mass is 16.2. The van der Waals surface area contributed by atoms with Gasteiger partial charge in [-0.3, -0.25) is 4.79 Å². The van der Waals surface area contributed by atoms with E-state index in [-0.39, 0.29) is 5.91 Å². The molecule has 2 heterocycles. The average Bonchev–Trinajstić information content (AvgIpc) is 3.19. The van der Waals surface area contributed by atoms with Gasteiger partial charge in [0.15, 0.2) is 0 Å². The van der Waals surface area contributed by atoms with Crippen molar-refractivity contribution >= 4 is 11.6 Å². The second-order valence-electron chi connectivity index (χ2n) is 7.15. The first-order valence-corrected chi connectivity index (χ1v) is 8.61. The molecule has 6 nitrogen and oxygen atoms in total. The Morgan fingerprint density at radius 2 is 2.17 bits per heavy atom. The van der Waals surface area contributed by atoms with Crippen LogP contribution in [-0.2, 0) is 6.54 Å². The van der Waals surface area contributed by atoms with E-state index in [2.05, 4.69) is 34.5 Å². The van der Waals surface area contributed by atoms with Gasteiger partial charge in [-0.05, 0) is 42.9 Å². The SMILES string of the molecule is CC1CCC(Nc2ccc3c(c2)C(=O)N(C)C3)C(n2cncn2)C1. The average molecular weight is 325 g/mol. The molecule has 0 spiro atoms. The third-order valence-electron chi connectivity index (χ3n) is 5.30. The lowest BCUT2D eigenvalue weighted by molar-refractivity contribution is 0.0816. The summed E-state index contributed by atoms with van der Waals surface area (Å²) in [5.41, 5.74) is 2.95. The lowest BCUT2D eigenvalue weighted by atomic mass is 9.83. The molecule has 1 aromatic heterocycles. The van der Waals surface area contributed by atoms with Crippen molar-refractivity contribution in [1.82, 2.24) is 19.7 Å². The standard InChI is InChI=1S/C18H23N5O/c1-12-3-6-16(17(7-12)23-11-19-10-20-23)21-14-5-4-13-9-22(2)18(24)15(13)8-14/h4-5,8,10-12,16-17,21H,3,6-7,9H2,1-2H3. The summed E-state index contributed by atoms with van der Waals surface area (Å²) in [5, 5.41) is 8.00. The third-order valence-corrected chi connectivity index (χ3v) is 5.30. The van der Waals surface area contributed by atoms with Gasteiger partial charge in [-0.1, -0.05) is 13.0 Å². The molecule has 2 aromatic rings. The minimum Gasteiger partial charge on any atom is -0.380 e. The minimum atomic E-state index is 0.110. The summed E-state index contributed by atoms with van der Waals surface area (Å²) in [6.07, 6.45) is 6.79. The van der Waals surface area contributed by atoms with Gasteiger partial charge in [0.25, 0.3) is 5.91 Å². The Hall–Kier alpha value is -2.37. The van der Waals surface area contributed by atoms with Gasteiger partial charge in [-0.15, -0.1) is 0 Å². The Morgan fingerprint density at radius 1 is 1.29 bits per heavy atom. The van der Waals surface area contributed by atoms with E-state index in [9.17, 15) is 4.79 Å². The molecular formula is C18H23N5O. The van der Waals surface area contributed by atoms with Crippen LogP contribution >= 0.6 is 0 Å². The zero-order valence-corrected chi connectivity index (χ0v) is 14.1. The molecule has 1 N–H and O–H groups in total. The lowest BCUT2D eigenvalue weighted by Crippen LogP contribution is -2.36. The van der Waals surface area contributed by atoms with Gasteiger partial charge >= 0.3 is 0 Å². The molecule has 1 aromatic carbocycles. The van der Waals surface area contributed by atoms with E-state index in [4.69, 9.17) is 0 Å². The fourth-order valence-electron chi connectivity index (χ4n) is 3.95. The molecule has 1 aliphatic carbocycles. The molecule has 1 amide bonds. The molecule has 1 aliphatic heterocycles. The molecule has 24 heavy (non-hydrogen) atoms. The molecule has 6 heteroatoms. The van der Waals surface area contributed by atoms with E-state index in [1.807, 2.05) is 17.8 Å². The van der Waals surface area contributed by atoms with Crippen LogP contribution in [0.3, 0.4) is 0 Å². The number of nitrogens with one attached hydrogen (secondary N) is 1.